The number of carbonyl (C=O) groups is 4. The zero-order chi connectivity index (χ0) is 21.9. The normalized spacial score (nSPS) is 19.8. The van der Waals surface area contributed by atoms with Crippen molar-refractivity contribution in [2.24, 2.45) is 0 Å². The van der Waals surface area contributed by atoms with Crippen LogP contribution in [0.5, 0.6) is 0 Å². The summed E-state index contributed by atoms with van der Waals surface area (Å²) in [6.45, 7) is 8.06. The fourth-order valence-corrected chi connectivity index (χ4v) is 3.93. The molecule has 0 radical (unpaired) electrons. The molecule has 0 aromatic rings. The van der Waals surface area contributed by atoms with E-state index in [1.54, 1.807) is 11.0 Å². The monoisotopic (exact) mass is 421 g/mol. The lowest BCUT2D eigenvalue weighted by Gasteiger charge is -2.28. The third-order valence-corrected chi connectivity index (χ3v) is 5.56. The topological polar surface area (TPSA) is 111 Å². The van der Waals surface area contributed by atoms with E-state index in [0.717, 1.165) is 38.8 Å². The van der Waals surface area contributed by atoms with E-state index in [1.807, 2.05) is 11.8 Å². The number of nitrogens with one attached hydrogen (secondary N) is 3. The molecule has 2 atom stereocenters. The highest BCUT2D eigenvalue weighted by Gasteiger charge is 2.35. The highest BCUT2D eigenvalue weighted by Crippen LogP contribution is 2.20. The van der Waals surface area contributed by atoms with E-state index in [9.17, 15) is 19.2 Å². The molecule has 30 heavy (non-hydrogen) atoms. The van der Waals surface area contributed by atoms with Crippen molar-refractivity contribution in [2.75, 3.05) is 26.2 Å². The molecule has 3 N–H and O–H groups in total. The number of likely N-dealkylation sites (tertiary alicyclic amines) is 2. The number of hydrogen-bond acceptors (Lipinski definition) is 5. The molecule has 0 saturated carbocycles. The second-order valence-corrected chi connectivity index (χ2v) is 7.79. The summed E-state index contributed by atoms with van der Waals surface area (Å²) >= 11 is 0. The molecule has 0 aromatic heterocycles. The van der Waals surface area contributed by atoms with Crippen LogP contribution in [0.1, 0.15) is 58.3 Å². The zero-order valence-electron chi connectivity index (χ0n) is 18.0. The standard InChI is InChI=1S/C21H35N5O4/c1-3-9-16(20(29)24-22-4-2)23-21(30)17-10-8-15-26(17)19(28)12-11-18(27)25-13-6-5-7-14-25/h3,16-17,22H,1,4-15H2,2H3,(H,23,30)(H,24,29)/t16-,17+/m1/s1. The molecule has 2 saturated heterocycles. The maximum absolute atomic E-state index is 12.8. The lowest BCUT2D eigenvalue weighted by molar-refractivity contribution is -0.141. The van der Waals surface area contributed by atoms with Crippen molar-refractivity contribution < 1.29 is 19.2 Å². The Labute approximate surface area is 178 Å². The van der Waals surface area contributed by atoms with Crippen LogP contribution >= 0.6 is 0 Å². The molecule has 0 aliphatic carbocycles. The van der Waals surface area contributed by atoms with Gasteiger partial charge < -0.3 is 15.1 Å². The summed E-state index contributed by atoms with van der Waals surface area (Å²) in [5, 5.41) is 2.74. The smallest absolute Gasteiger partial charge is 0.256 e. The van der Waals surface area contributed by atoms with Crippen LogP contribution < -0.4 is 16.2 Å². The Morgan fingerprint density at radius 1 is 1.03 bits per heavy atom. The zero-order valence-corrected chi connectivity index (χ0v) is 18.0. The van der Waals surface area contributed by atoms with Gasteiger partial charge in [-0.25, -0.2) is 5.43 Å². The molecule has 2 rings (SSSR count). The first kappa shape index (κ1) is 23.9. The summed E-state index contributed by atoms with van der Waals surface area (Å²) < 4.78 is 0. The molecule has 2 heterocycles. The molecular formula is C21H35N5O4. The third-order valence-electron chi connectivity index (χ3n) is 5.56. The van der Waals surface area contributed by atoms with Crippen LogP contribution in [0.25, 0.3) is 0 Å². The van der Waals surface area contributed by atoms with E-state index < -0.39 is 12.1 Å². The quantitative estimate of drug-likeness (QED) is 0.351. The summed E-state index contributed by atoms with van der Waals surface area (Å²) in [4.78, 5) is 53.4. The Balaban J connectivity index is 1.88. The highest BCUT2D eigenvalue weighted by atomic mass is 16.2. The van der Waals surface area contributed by atoms with Gasteiger partial charge in [0.1, 0.15) is 12.1 Å². The maximum atomic E-state index is 12.8. The van der Waals surface area contributed by atoms with Gasteiger partial charge in [0.25, 0.3) is 5.91 Å². The van der Waals surface area contributed by atoms with Crippen LogP contribution in [0, 0.1) is 0 Å². The Morgan fingerprint density at radius 2 is 1.73 bits per heavy atom. The van der Waals surface area contributed by atoms with Crippen LogP contribution in [-0.4, -0.2) is 71.7 Å². The number of carbonyl (C=O) groups excluding carboxylic acids is 4. The Morgan fingerprint density at radius 3 is 2.40 bits per heavy atom. The molecule has 0 spiro atoms. The molecule has 168 valence electrons. The minimum absolute atomic E-state index is 0.00870. The average Bonchev–Trinajstić information content (AvgIpc) is 3.26. The van der Waals surface area contributed by atoms with Gasteiger partial charge in [-0.2, -0.15) is 0 Å². The van der Waals surface area contributed by atoms with Crippen molar-refractivity contribution >= 4 is 23.6 Å². The number of nitrogens with zero attached hydrogens (tertiary/aromatic N) is 2. The van der Waals surface area contributed by atoms with E-state index in [-0.39, 0.29) is 42.9 Å². The van der Waals surface area contributed by atoms with Crippen LogP contribution in [-0.2, 0) is 19.2 Å². The summed E-state index contributed by atoms with van der Waals surface area (Å²) in [7, 11) is 0. The Bertz CT molecular complexity index is 633. The molecule has 2 aliphatic rings. The molecule has 9 heteroatoms. The molecule has 2 aliphatic heterocycles. The highest BCUT2D eigenvalue weighted by molar-refractivity contribution is 5.93. The number of rotatable bonds is 10. The molecule has 0 aromatic carbocycles. The van der Waals surface area contributed by atoms with E-state index >= 15 is 0 Å². The van der Waals surface area contributed by atoms with Crippen molar-refractivity contribution in [1.29, 1.82) is 0 Å². The molecule has 0 bridgehead atoms. The summed E-state index contributed by atoms with van der Waals surface area (Å²) in [6, 6.07) is -1.37. The van der Waals surface area contributed by atoms with Gasteiger partial charge in [-0.3, -0.25) is 24.6 Å². The van der Waals surface area contributed by atoms with Gasteiger partial charge in [-0.05, 0) is 38.5 Å². The van der Waals surface area contributed by atoms with Gasteiger partial charge in [0, 0.05) is 39.0 Å². The van der Waals surface area contributed by atoms with Crippen LogP contribution in [0.15, 0.2) is 12.7 Å². The van der Waals surface area contributed by atoms with Gasteiger partial charge in [-0.15, -0.1) is 6.58 Å². The predicted molar refractivity (Wildman–Crippen MR) is 113 cm³/mol. The third kappa shape index (κ3) is 6.83. The molecule has 0 unspecified atom stereocenters. The van der Waals surface area contributed by atoms with E-state index in [1.165, 1.54) is 0 Å². The molecule has 9 nitrogen and oxygen atoms in total. The number of amides is 4. The fourth-order valence-electron chi connectivity index (χ4n) is 3.93. The summed E-state index contributed by atoms with van der Waals surface area (Å²) in [5.41, 5.74) is 5.26. The fraction of sp³-hybridized carbons (Fsp3) is 0.714. The van der Waals surface area contributed by atoms with Crippen molar-refractivity contribution in [3.8, 4) is 0 Å². The van der Waals surface area contributed by atoms with E-state index in [0.29, 0.717) is 19.5 Å². The largest absolute Gasteiger partial charge is 0.343 e. The van der Waals surface area contributed by atoms with Gasteiger partial charge >= 0.3 is 0 Å². The van der Waals surface area contributed by atoms with Gasteiger partial charge in [0.05, 0.1) is 0 Å². The first-order chi connectivity index (χ1) is 14.5. The first-order valence-electron chi connectivity index (χ1n) is 11.0. The van der Waals surface area contributed by atoms with E-state index in [4.69, 9.17) is 0 Å². The van der Waals surface area contributed by atoms with Gasteiger partial charge in [0.15, 0.2) is 0 Å². The Hall–Kier alpha value is -2.42. The van der Waals surface area contributed by atoms with Crippen molar-refractivity contribution in [3.63, 3.8) is 0 Å². The summed E-state index contributed by atoms with van der Waals surface area (Å²) in [6.07, 6.45) is 6.58. The average molecular weight is 422 g/mol. The second-order valence-electron chi connectivity index (χ2n) is 7.79. The van der Waals surface area contributed by atoms with Crippen molar-refractivity contribution in [2.45, 2.75) is 70.4 Å². The first-order valence-corrected chi connectivity index (χ1v) is 11.0. The van der Waals surface area contributed by atoms with Crippen LogP contribution in [0.2, 0.25) is 0 Å². The predicted octanol–water partition coefficient (Wildman–Crippen LogP) is 0.472. The molecular weight excluding hydrogens is 386 g/mol. The molecule has 4 amide bonds. The van der Waals surface area contributed by atoms with Gasteiger partial charge in [-0.1, -0.05) is 13.0 Å². The lowest BCUT2D eigenvalue weighted by Crippen LogP contribution is -2.54. The van der Waals surface area contributed by atoms with Crippen LogP contribution in [0.3, 0.4) is 0 Å². The lowest BCUT2D eigenvalue weighted by atomic mass is 10.1. The van der Waals surface area contributed by atoms with Crippen LogP contribution in [0.4, 0.5) is 0 Å². The minimum Gasteiger partial charge on any atom is -0.343 e. The number of piperidine rings is 1. The van der Waals surface area contributed by atoms with Gasteiger partial charge in [0.2, 0.25) is 17.7 Å². The number of hydrazine groups is 1. The SMILES string of the molecule is C=CC[C@@H](NC(=O)[C@@H]1CCCN1C(=O)CCC(=O)N1CCCCC1)C(=O)NNCC. The summed E-state index contributed by atoms with van der Waals surface area (Å²) in [5.74, 6) is -0.875. The van der Waals surface area contributed by atoms with Crippen molar-refractivity contribution in [3.05, 3.63) is 12.7 Å². The van der Waals surface area contributed by atoms with E-state index in [2.05, 4.69) is 22.7 Å². The second kappa shape index (κ2) is 12.3. The van der Waals surface area contributed by atoms with Crippen molar-refractivity contribution in [1.82, 2.24) is 26.0 Å². The maximum Gasteiger partial charge on any atom is 0.256 e. The number of hydrogen-bond donors (Lipinski definition) is 3. The molecule has 2 fully saturated rings. The Kier molecular flexibility index (Phi) is 9.79. The minimum atomic E-state index is -0.757.